The van der Waals surface area contributed by atoms with Crippen LogP contribution in [0.2, 0.25) is 0 Å². The van der Waals surface area contributed by atoms with Crippen molar-refractivity contribution in [3.05, 3.63) is 35.9 Å². The molecule has 1 aliphatic rings. The number of hydrogen-bond acceptors (Lipinski definition) is 5. The lowest BCUT2D eigenvalue weighted by molar-refractivity contribution is 0.0269. The zero-order valence-electron chi connectivity index (χ0n) is 14.2. The molecular weight excluding hydrogens is 312 g/mol. The predicted molar refractivity (Wildman–Crippen MR) is 87.4 cm³/mol. The fraction of sp³-hybridized carbons (Fsp3) is 0.529. The molecule has 1 aromatic rings. The zero-order valence-corrected chi connectivity index (χ0v) is 14.2. The highest BCUT2D eigenvalue weighted by molar-refractivity contribution is 5.70. The summed E-state index contributed by atoms with van der Waals surface area (Å²) in [5.41, 5.74) is 0.261. The number of benzene rings is 1. The Kier molecular flexibility index (Phi) is 5.66. The van der Waals surface area contributed by atoms with Crippen LogP contribution in [0, 0.1) is 0 Å². The molecule has 0 spiro atoms. The molecule has 7 heteroatoms. The van der Waals surface area contributed by atoms with E-state index in [2.05, 4.69) is 5.32 Å². The van der Waals surface area contributed by atoms with E-state index in [9.17, 15) is 14.7 Å². The summed E-state index contributed by atoms with van der Waals surface area (Å²) < 4.78 is 10.4. The summed E-state index contributed by atoms with van der Waals surface area (Å²) in [4.78, 5) is 25.2. The van der Waals surface area contributed by atoms with Crippen LogP contribution in [0.3, 0.4) is 0 Å². The maximum atomic E-state index is 12.0. The first kappa shape index (κ1) is 18.1. The van der Waals surface area contributed by atoms with Crippen LogP contribution in [0.1, 0.15) is 26.3 Å². The SMILES string of the molecule is CC(C)(C)OC(=O)N1CC(O)[C@@H](NC(=O)OCc2ccccc2)C1. The molecule has 7 nitrogen and oxygen atoms in total. The van der Waals surface area contributed by atoms with Crippen molar-refractivity contribution in [2.45, 2.75) is 45.1 Å². The minimum absolute atomic E-state index is 0.110. The molecule has 1 saturated heterocycles. The molecule has 1 fully saturated rings. The average Bonchev–Trinajstić information content (AvgIpc) is 2.86. The first-order valence-corrected chi connectivity index (χ1v) is 7.88. The van der Waals surface area contributed by atoms with Gasteiger partial charge in [0.15, 0.2) is 0 Å². The van der Waals surface area contributed by atoms with Crippen molar-refractivity contribution in [3.8, 4) is 0 Å². The van der Waals surface area contributed by atoms with E-state index in [4.69, 9.17) is 9.47 Å². The Bertz CT molecular complexity index is 570. The molecule has 1 heterocycles. The molecule has 2 amide bonds. The second kappa shape index (κ2) is 7.53. The Morgan fingerprint density at radius 2 is 1.92 bits per heavy atom. The van der Waals surface area contributed by atoms with Crippen molar-refractivity contribution < 1.29 is 24.2 Å². The molecular formula is C17H24N2O5. The molecule has 0 aliphatic carbocycles. The maximum absolute atomic E-state index is 12.0. The first-order valence-electron chi connectivity index (χ1n) is 7.88. The van der Waals surface area contributed by atoms with Crippen LogP contribution in [0.4, 0.5) is 9.59 Å². The molecule has 1 aromatic carbocycles. The number of carbonyl (C=O) groups excluding carboxylic acids is 2. The number of β-amino-alcohol motifs (C(OH)–C–C–N with tert-alkyl or cyclic N) is 1. The van der Waals surface area contributed by atoms with E-state index >= 15 is 0 Å². The number of nitrogens with zero attached hydrogens (tertiary/aromatic N) is 1. The van der Waals surface area contributed by atoms with Crippen molar-refractivity contribution in [2.24, 2.45) is 0 Å². The summed E-state index contributed by atoms with van der Waals surface area (Å²) in [6.07, 6.45) is -2.00. The maximum Gasteiger partial charge on any atom is 0.410 e. The van der Waals surface area contributed by atoms with Crippen molar-refractivity contribution in [2.75, 3.05) is 13.1 Å². The van der Waals surface area contributed by atoms with E-state index in [0.29, 0.717) is 0 Å². The number of aliphatic hydroxyl groups is 1. The number of ether oxygens (including phenoxy) is 2. The molecule has 2 N–H and O–H groups in total. The fourth-order valence-electron chi connectivity index (χ4n) is 2.32. The Labute approximate surface area is 141 Å². The van der Waals surface area contributed by atoms with Crippen LogP contribution < -0.4 is 5.32 Å². The molecule has 0 radical (unpaired) electrons. The summed E-state index contributed by atoms with van der Waals surface area (Å²) in [7, 11) is 0. The second-order valence-corrected chi connectivity index (χ2v) is 6.77. The molecule has 132 valence electrons. The van der Waals surface area contributed by atoms with Gasteiger partial charge in [0.05, 0.1) is 18.7 Å². The lowest BCUT2D eigenvalue weighted by Gasteiger charge is -2.24. The van der Waals surface area contributed by atoms with Crippen LogP contribution in [0.15, 0.2) is 30.3 Å². The van der Waals surface area contributed by atoms with Crippen molar-refractivity contribution in [1.82, 2.24) is 10.2 Å². The van der Waals surface area contributed by atoms with E-state index in [-0.39, 0.29) is 19.7 Å². The third-order valence-corrected chi connectivity index (χ3v) is 3.46. The molecule has 1 unspecified atom stereocenters. The molecule has 1 aliphatic heterocycles. The highest BCUT2D eigenvalue weighted by Crippen LogP contribution is 2.16. The molecule has 24 heavy (non-hydrogen) atoms. The number of alkyl carbamates (subject to hydrolysis) is 1. The quantitative estimate of drug-likeness (QED) is 0.880. The number of aliphatic hydroxyl groups excluding tert-OH is 1. The van der Waals surface area contributed by atoms with Gasteiger partial charge in [-0.15, -0.1) is 0 Å². The minimum Gasteiger partial charge on any atom is -0.445 e. The number of amides is 2. The van der Waals surface area contributed by atoms with Crippen molar-refractivity contribution >= 4 is 12.2 Å². The summed E-state index contributed by atoms with van der Waals surface area (Å²) in [5, 5.41) is 12.6. The van der Waals surface area contributed by atoms with Gasteiger partial charge in [-0.3, -0.25) is 0 Å². The summed E-state index contributed by atoms with van der Waals surface area (Å²) in [6, 6.07) is 8.71. The zero-order chi connectivity index (χ0) is 17.7. The largest absolute Gasteiger partial charge is 0.445 e. The van der Waals surface area contributed by atoms with Gasteiger partial charge in [0.25, 0.3) is 0 Å². The van der Waals surface area contributed by atoms with Crippen LogP contribution in [-0.4, -0.2) is 53.0 Å². The number of rotatable bonds is 3. The van der Waals surface area contributed by atoms with Gasteiger partial charge in [0, 0.05) is 6.54 Å². The van der Waals surface area contributed by atoms with E-state index in [1.807, 2.05) is 30.3 Å². The normalized spacial score (nSPS) is 20.6. The van der Waals surface area contributed by atoms with Gasteiger partial charge in [-0.1, -0.05) is 30.3 Å². The lowest BCUT2D eigenvalue weighted by atomic mass is 10.2. The van der Waals surface area contributed by atoms with E-state index in [0.717, 1.165) is 5.56 Å². The van der Waals surface area contributed by atoms with Gasteiger partial charge in [0.2, 0.25) is 0 Å². The molecule has 0 bridgehead atoms. The Morgan fingerprint density at radius 1 is 1.25 bits per heavy atom. The average molecular weight is 336 g/mol. The van der Waals surface area contributed by atoms with Crippen molar-refractivity contribution in [1.29, 1.82) is 0 Å². The third kappa shape index (κ3) is 5.42. The number of carbonyl (C=O) groups is 2. The summed E-state index contributed by atoms with van der Waals surface area (Å²) >= 11 is 0. The van der Waals surface area contributed by atoms with Crippen molar-refractivity contribution in [3.63, 3.8) is 0 Å². The summed E-state index contributed by atoms with van der Waals surface area (Å²) in [6.45, 7) is 5.75. The second-order valence-electron chi connectivity index (χ2n) is 6.77. The number of hydrogen-bond donors (Lipinski definition) is 2. The fourth-order valence-corrected chi connectivity index (χ4v) is 2.32. The van der Waals surface area contributed by atoms with Crippen LogP contribution in [0.5, 0.6) is 0 Å². The molecule has 0 aromatic heterocycles. The van der Waals surface area contributed by atoms with Gasteiger partial charge in [-0.2, -0.15) is 0 Å². The van der Waals surface area contributed by atoms with Crippen LogP contribution >= 0.6 is 0 Å². The van der Waals surface area contributed by atoms with E-state index < -0.39 is 29.9 Å². The van der Waals surface area contributed by atoms with Crippen LogP contribution in [-0.2, 0) is 16.1 Å². The topological polar surface area (TPSA) is 88.1 Å². The standard InChI is InChI=1S/C17H24N2O5/c1-17(2,3)24-16(22)19-9-13(14(20)10-19)18-15(21)23-11-12-7-5-4-6-8-12/h4-8,13-14,20H,9-11H2,1-3H3,(H,18,21)/t13-,14?/m0/s1. The van der Waals surface area contributed by atoms with E-state index in [1.165, 1.54) is 4.90 Å². The van der Waals surface area contributed by atoms with E-state index in [1.54, 1.807) is 20.8 Å². The van der Waals surface area contributed by atoms with Crippen LogP contribution in [0.25, 0.3) is 0 Å². The first-order chi connectivity index (χ1) is 11.2. The van der Waals surface area contributed by atoms with Gasteiger partial charge < -0.3 is 24.8 Å². The van der Waals surface area contributed by atoms with Gasteiger partial charge in [-0.05, 0) is 26.3 Å². The number of nitrogens with one attached hydrogen (secondary N) is 1. The highest BCUT2D eigenvalue weighted by atomic mass is 16.6. The van der Waals surface area contributed by atoms with Gasteiger partial charge in [0.1, 0.15) is 12.2 Å². The van der Waals surface area contributed by atoms with Gasteiger partial charge in [-0.25, -0.2) is 9.59 Å². The molecule has 2 atom stereocenters. The Hall–Kier alpha value is -2.28. The monoisotopic (exact) mass is 336 g/mol. The third-order valence-electron chi connectivity index (χ3n) is 3.46. The molecule has 0 saturated carbocycles. The minimum atomic E-state index is -0.859. The smallest absolute Gasteiger partial charge is 0.410 e. The highest BCUT2D eigenvalue weighted by Gasteiger charge is 2.37. The summed E-state index contributed by atoms with van der Waals surface area (Å²) in [5.74, 6) is 0. The predicted octanol–water partition coefficient (Wildman–Crippen LogP) is 1.89. The van der Waals surface area contributed by atoms with Gasteiger partial charge >= 0.3 is 12.2 Å². The number of likely N-dealkylation sites (tertiary alicyclic amines) is 1. The Morgan fingerprint density at radius 3 is 2.54 bits per heavy atom. The Balaban J connectivity index is 1.80. The molecule has 2 rings (SSSR count). The lowest BCUT2D eigenvalue weighted by Crippen LogP contribution is -2.43.